The zero-order valence-corrected chi connectivity index (χ0v) is 16.3. The van der Waals surface area contributed by atoms with E-state index in [0.717, 1.165) is 6.42 Å². The van der Waals surface area contributed by atoms with Crippen LogP contribution in [0.4, 0.5) is 0 Å². The van der Waals surface area contributed by atoms with Crippen LogP contribution in [0.3, 0.4) is 0 Å². The Hall–Kier alpha value is 0.124. The maximum absolute atomic E-state index is 3.22. The monoisotopic (exact) mass is 346 g/mol. The predicted octanol–water partition coefficient (Wildman–Crippen LogP) is -1.22. The van der Waals surface area contributed by atoms with E-state index in [9.17, 15) is 0 Å². The Bertz CT molecular complexity index is 397. The zero-order chi connectivity index (χ0) is 14.1. The first-order valence-electron chi connectivity index (χ1n) is 6.36. The SMILES string of the molecule is CC1=C(C)C[C-]=C1.CC1=[C-]C(C)C=C1.C[C](C)=[Ti+2].[Cl-].[Cl-]. The van der Waals surface area contributed by atoms with Gasteiger partial charge in [-0.15, -0.1) is 13.3 Å². The van der Waals surface area contributed by atoms with Gasteiger partial charge in [-0.3, -0.25) is 12.2 Å². The minimum absolute atomic E-state index is 0. The van der Waals surface area contributed by atoms with Gasteiger partial charge in [0.05, 0.1) is 0 Å². The molecule has 2 rings (SSSR count). The summed E-state index contributed by atoms with van der Waals surface area (Å²) in [6, 6.07) is 0. The second-order valence-corrected chi connectivity index (χ2v) is 6.53. The number of halogens is 2. The van der Waals surface area contributed by atoms with E-state index in [0.29, 0.717) is 5.92 Å². The van der Waals surface area contributed by atoms with Gasteiger partial charge in [-0.1, -0.05) is 26.7 Å². The molecule has 0 aromatic carbocycles. The molecule has 0 spiro atoms. The van der Waals surface area contributed by atoms with E-state index in [2.05, 4.69) is 91.9 Å². The molecule has 0 aromatic heterocycles. The second kappa shape index (κ2) is 14.1. The first-order chi connectivity index (χ1) is 8.32. The van der Waals surface area contributed by atoms with Crippen LogP contribution >= 0.6 is 0 Å². The van der Waals surface area contributed by atoms with E-state index >= 15 is 0 Å². The fourth-order valence-corrected chi connectivity index (χ4v) is 1.36. The van der Waals surface area contributed by atoms with Crippen molar-refractivity contribution in [2.75, 3.05) is 0 Å². The van der Waals surface area contributed by atoms with Crippen molar-refractivity contribution in [2.45, 2.75) is 48.0 Å². The Morgan fingerprint density at radius 3 is 1.80 bits per heavy atom. The average Bonchev–Trinajstić information content (AvgIpc) is 2.77. The van der Waals surface area contributed by atoms with Gasteiger partial charge in [0.25, 0.3) is 0 Å². The Labute approximate surface area is 149 Å². The summed E-state index contributed by atoms with van der Waals surface area (Å²) in [7, 11) is 0. The van der Waals surface area contributed by atoms with Crippen molar-refractivity contribution in [3.63, 3.8) is 0 Å². The summed E-state index contributed by atoms with van der Waals surface area (Å²) >= 11 is 2.08. The van der Waals surface area contributed by atoms with Crippen LogP contribution in [-0.4, -0.2) is 3.81 Å². The molecule has 0 fully saturated rings. The topological polar surface area (TPSA) is 0 Å². The van der Waals surface area contributed by atoms with Crippen LogP contribution in [0.1, 0.15) is 48.0 Å². The fourth-order valence-electron chi connectivity index (χ4n) is 1.36. The van der Waals surface area contributed by atoms with E-state index in [1.165, 1.54) is 20.5 Å². The molecule has 1 unspecified atom stereocenters. The Morgan fingerprint density at radius 2 is 1.70 bits per heavy atom. The van der Waals surface area contributed by atoms with Crippen LogP contribution in [0.15, 0.2) is 34.9 Å². The summed E-state index contributed by atoms with van der Waals surface area (Å²) in [5.74, 6) is 0.556. The van der Waals surface area contributed by atoms with Crippen LogP contribution in [0.25, 0.3) is 0 Å². The van der Waals surface area contributed by atoms with Gasteiger partial charge in [0.15, 0.2) is 0 Å². The Balaban J connectivity index is -0.000000215. The van der Waals surface area contributed by atoms with Gasteiger partial charge in [-0.05, 0) is 0 Å². The van der Waals surface area contributed by atoms with Crippen LogP contribution in [0.2, 0.25) is 0 Å². The van der Waals surface area contributed by atoms with E-state index in [1.54, 1.807) is 0 Å². The maximum Gasteiger partial charge on any atom is -1.00 e. The molecular formula is C17H24Cl2Ti-2. The molecule has 0 saturated carbocycles. The molecule has 3 heteroatoms. The van der Waals surface area contributed by atoms with Crippen molar-refractivity contribution >= 4 is 3.81 Å². The number of rotatable bonds is 0. The van der Waals surface area contributed by atoms with Crippen molar-refractivity contribution in [3.8, 4) is 0 Å². The molecule has 0 bridgehead atoms. The van der Waals surface area contributed by atoms with Gasteiger partial charge < -0.3 is 24.8 Å². The summed E-state index contributed by atoms with van der Waals surface area (Å²) in [5, 5.41) is 0. The third-order valence-corrected chi connectivity index (χ3v) is 2.45. The molecule has 0 amide bonds. The quantitative estimate of drug-likeness (QED) is 0.381. The molecule has 2 aliphatic rings. The van der Waals surface area contributed by atoms with Crippen LogP contribution in [0, 0.1) is 18.1 Å². The summed E-state index contributed by atoms with van der Waals surface area (Å²) in [5.41, 5.74) is 4.12. The second-order valence-electron chi connectivity index (χ2n) is 4.96. The summed E-state index contributed by atoms with van der Waals surface area (Å²) in [6.07, 6.45) is 13.7. The van der Waals surface area contributed by atoms with Gasteiger partial charge >= 0.3 is 37.6 Å². The third-order valence-electron chi connectivity index (χ3n) is 2.45. The number of hydrogen-bond donors (Lipinski definition) is 0. The van der Waals surface area contributed by atoms with E-state index in [-0.39, 0.29) is 24.8 Å². The zero-order valence-electron chi connectivity index (χ0n) is 13.3. The van der Waals surface area contributed by atoms with Gasteiger partial charge in [0.2, 0.25) is 0 Å². The first-order valence-corrected chi connectivity index (χ1v) is 7.14. The van der Waals surface area contributed by atoms with E-state index in [1.807, 2.05) is 0 Å². The molecule has 20 heavy (non-hydrogen) atoms. The minimum atomic E-state index is 0. The predicted molar refractivity (Wildman–Crippen MR) is 77.9 cm³/mol. The van der Waals surface area contributed by atoms with Crippen molar-refractivity contribution in [2.24, 2.45) is 5.92 Å². The molecule has 2 aliphatic carbocycles. The largest absolute Gasteiger partial charge is 1.00 e. The molecule has 112 valence electrons. The Morgan fingerprint density at radius 1 is 1.20 bits per heavy atom. The van der Waals surface area contributed by atoms with Crippen molar-refractivity contribution in [1.82, 2.24) is 0 Å². The molecule has 0 aliphatic heterocycles. The molecule has 1 atom stereocenters. The Kier molecular flexibility index (Phi) is 17.7. The van der Waals surface area contributed by atoms with Gasteiger partial charge in [0, 0.05) is 0 Å². The van der Waals surface area contributed by atoms with Crippen LogP contribution < -0.4 is 24.8 Å². The normalized spacial score (nSPS) is 18.0. The van der Waals surface area contributed by atoms with Gasteiger partial charge in [-0.2, -0.15) is 11.6 Å². The van der Waals surface area contributed by atoms with Gasteiger partial charge in [-0.25, -0.2) is 23.3 Å². The van der Waals surface area contributed by atoms with Gasteiger partial charge in [0.1, 0.15) is 0 Å². The fraction of sp³-hybridized carbons (Fsp3) is 0.471. The molecule has 0 nitrogen and oxygen atoms in total. The molecule has 0 saturated heterocycles. The third kappa shape index (κ3) is 14.5. The molecule has 0 N–H and O–H groups in total. The molecule has 0 radical (unpaired) electrons. The summed E-state index contributed by atoms with van der Waals surface area (Å²) in [4.78, 5) is 0. The van der Waals surface area contributed by atoms with Crippen LogP contribution in [0.5, 0.6) is 0 Å². The standard InChI is InChI=1S/2C7H9.C3H6.2ClH.Ti/c1-6-3-4-7(2)5-6;1-6-4-3-5-7(6)2;1-3-2;;;/h3-4,6H,1-2H3;4H,5H2,1-2H3;1-2H3;2*1H;/q2*-1;;;;+2/p-2. The first kappa shape index (κ1) is 25.1. The summed E-state index contributed by atoms with van der Waals surface area (Å²) < 4.78 is 1.42. The average molecular weight is 347 g/mol. The molecular weight excluding hydrogens is 323 g/mol. The summed E-state index contributed by atoms with van der Waals surface area (Å²) in [6.45, 7) is 12.6. The molecule has 0 heterocycles. The van der Waals surface area contributed by atoms with Crippen molar-refractivity contribution in [1.29, 1.82) is 0 Å². The number of hydrogen-bond acceptors (Lipinski definition) is 0. The van der Waals surface area contributed by atoms with E-state index in [4.69, 9.17) is 0 Å². The maximum atomic E-state index is 3.22. The van der Waals surface area contributed by atoms with Crippen molar-refractivity contribution in [3.05, 3.63) is 47.1 Å². The minimum Gasteiger partial charge on any atom is -1.00 e. The molecule has 0 aromatic rings. The van der Waals surface area contributed by atoms with Crippen LogP contribution in [-0.2, 0) is 20.0 Å². The smallest absolute Gasteiger partial charge is 1.00 e. The van der Waals surface area contributed by atoms with Crippen molar-refractivity contribution < 1.29 is 44.8 Å². The van der Waals surface area contributed by atoms with E-state index < -0.39 is 0 Å². The number of allylic oxidation sites excluding steroid dienone is 8.